The van der Waals surface area contributed by atoms with Crippen LogP contribution in [0.2, 0.25) is 0 Å². The molecule has 1 aromatic heterocycles. The van der Waals surface area contributed by atoms with E-state index >= 15 is 0 Å². The molecule has 0 bridgehead atoms. The van der Waals surface area contributed by atoms with Crippen LogP contribution in [0.25, 0.3) is 0 Å². The lowest BCUT2D eigenvalue weighted by Crippen LogP contribution is -2.33. The summed E-state index contributed by atoms with van der Waals surface area (Å²) in [6, 6.07) is 5.86. The van der Waals surface area contributed by atoms with Crippen LogP contribution in [-0.2, 0) is 17.4 Å². The van der Waals surface area contributed by atoms with Gasteiger partial charge < -0.3 is 11.2 Å². The number of halogens is 4. The summed E-state index contributed by atoms with van der Waals surface area (Å²) < 4.78 is 50.9. The molecule has 6 nitrogen and oxygen atoms in total. The van der Waals surface area contributed by atoms with E-state index in [0.717, 1.165) is 17.3 Å². The van der Waals surface area contributed by atoms with Gasteiger partial charge in [-0.2, -0.15) is 13.2 Å². The van der Waals surface area contributed by atoms with Crippen molar-refractivity contribution in [3.05, 3.63) is 41.5 Å². The van der Waals surface area contributed by atoms with Gasteiger partial charge in [0.15, 0.2) is 0 Å². The minimum absolute atomic E-state index is 0.214. The van der Waals surface area contributed by atoms with Gasteiger partial charge in [0.05, 0.1) is 5.25 Å². The largest absolute Gasteiger partial charge is 0.453 e. The van der Waals surface area contributed by atoms with Crippen LogP contribution in [0, 0.1) is 5.82 Å². The Kier molecular flexibility index (Phi) is 5.88. The summed E-state index contributed by atoms with van der Waals surface area (Å²) in [5.41, 5.74) is 0.846. The minimum atomic E-state index is -4.72. The van der Waals surface area contributed by atoms with E-state index < -0.39 is 17.3 Å². The molecular formula is C14H15F4N5OS. The molecule has 0 saturated carbocycles. The van der Waals surface area contributed by atoms with E-state index in [4.69, 9.17) is 5.84 Å². The number of nitrogens with zero attached hydrogens (tertiary/aromatic N) is 3. The SMILES string of the molecule is C[C@@H](Sc1nnc(C(F)(F)F)n1N)C(=O)NCCc1ccc(F)cc1. The van der Waals surface area contributed by atoms with Gasteiger partial charge >= 0.3 is 6.18 Å². The normalized spacial score (nSPS) is 12.8. The van der Waals surface area contributed by atoms with Crippen LogP contribution < -0.4 is 11.2 Å². The average Bonchev–Trinajstić information content (AvgIpc) is 2.90. The monoisotopic (exact) mass is 377 g/mol. The standard InChI is InChI=1S/C14H15F4N5OS/c1-8(25-13-22-21-12(23(13)19)14(16,17)18)11(24)20-7-6-9-2-4-10(15)5-3-9/h2-5,8H,6-7,19H2,1H3,(H,20,24)/t8-/m1/s1. The second-order valence-corrected chi connectivity index (χ2v) is 6.41. The minimum Gasteiger partial charge on any atom is -0.355 e. The first kappa shape index (κ1) is 19.0. The zero-order valence-electron chi connectivity index (χ0n) is 13.0. The lowest BCUT2D eigenvalue weighted by molar-refractivity contribution is -0.146. The predicted octanol–water partition coefficient (Wildman–Crippen LogP) is 1.99. The third-order valence-corrected chi connectivity index (χ3v) is 4.25. The molecule has 1 amide bonds. The van der Waals surface area contributed by atoms with Crippen LogP contribution in [0.4, 0.5) is 17.6 Å². The van der Waals surface area contributed by atoms with Gasteiger partial charge in [0.25, 0.3) is 5.82 Å². The number of hydrogen-bond donors (Lipinski definition) is 2. The van der Waals surface area contributed by atoms with Crippen molar-refractivity contribution >= 4 is 17.7 Å². The third-order valence-electron chi connectivity index (χ3n) is 3.20. The molecule has 0 unspecified atom stereocenters. The molecule has 2 rings (SSSR count). The Bertz CT molecular complexity index is 732. The number of rotatable bonds is 6. The second kappa shape index (κ2) is 7.72. The molecule has 0 fully saturated rings. The van der Waals surface area contributed by atoms with Crippen molar-refractivity contribution < 1.29 is 22.4 Å². The molecule has 0 aliphatic carbocycles. The Morgan fingerprint density at radius 1 is 1.32 bits per heavy atom. The van der Waals surface area contributed by atoms with E-state index in [1.807, 2.05) is 0 Å². The molecule has 1 heterocycles. The quantitative estimate of drug-likeness (QED) is 0.457. The number of aromatic nitrogens is 3. The molecular weight excluding hydrogens is 362 g/mol. The molecule has 1 aromatic carbocycles. The zero-order chi connectivity index (χ0) is 18.6. The van der Waals surface area contributed by atoms with Crippen molar-refractivity contribution in [1.29, 1.82) is 0 Å². The Morgan fingerprint density at radius 2 is 1.96 bits per heavy atom. The summed E-state index contributed by atoms with van der Waals surface area (Å²) in [6.45, 7) is 1.82. The zero-order valence-corrected chi connectivity index (χ0v) is 13.9. The highest BCUT2D eigenvalue weighted by molar-refractivity contribution is 8.00. The molecule has 0 aliphatic rings. The first-order valence-corrected chi connectivity index (χ1v) is 8.03. The molecule has 11 heteroatoms. The lowest BCUT2D eigenvalue weighted by Gasteiger charge is -2.12. The first-order chi connectivity index (χ1) is 11.7. The van der Waals surface area contributed by atoms with Gasteiger partial charge in [-0.3, -0.25) is 4.79 Å². The van der Waals surface area contributed by atoms with Crippen LogP contribution in [0.3, 0.4) is 0 Å². The summed E-state index contributed by atoms with van der Waals surface area (Å²) in [4.78, 5) is 12.0. The number of nitrogen functional groups attached to an aromatic ring is 1. The van der Waals surface area contributed by atoms with Crippen molar-refractivity contribution in [2.75, 3.05) is 12.4 Å². The molecule has 0 spiro atoms. The highest BCUT2D eigenvalue weighted by atomic mass is 32.2. The van der Waals surface area contributed by atoms with Gasteiger partial charge in [-0.25, -0.2) is 9.07 Å². The van der Waals surface area contributed by atoms with Crippen LogP contribution in [-0.4, -0.2) is 32.6 Å². The summed E-state index contributed by atoms with van der Waals surface area (Å²) in [5, 5.41) is 8.06. The van der Waals surface area contributed by atoms with Crippen LogP contribution in [0.15, 0.2) is 29.4 Å². The van der Waals surface area contributed by atoms with E-state index in [2.05, 4.69) is 15.5 Å². The van der Waals surface area contributed by atoms with E-state index in [0.29, 0.717) is 17.6 Å². The number of benzene rings is 1. The molecule has 136 valence electrons. The van der Waals surface area contributed by atoms with Crippen molar-refractivity contribution in [3.63, 3.8) is 0 Å². The number of thioether (sulfide) groups is 1. The number of carbonyl (C=O) groups is 1. The molecule has 0 saturated heterocycles. The van der Waals surface area contributed by atoms with Crippen molar-refractivity contribution in [3.8, 4) is 0 Å². The van der Waals surface area contributed by atoms with E-state index in [1.165, 1.54) is 19.1 Å². The maximum absolute atomic E-state index is 12.8. The summed E-state index contributed by atoms with van der Waals surface area (Å²) >= 11 is 0.766. The average molecular weight is 377 g/mol. The van der Waals surface area contributed by atoms with E-state index in [-0.39, 0.29) is 16.9 Å². The molecule has 0 aliphatic heterocycles. The van der Waals surface area contributed by atoms with Crippen LogP contribution in [0.5, 0.6) is 0 Å². The van der Waals surface area contributed by atoms with Gasteiger partial charge in [0, 0.05) is 6.54 Å². The van der Waals surface area contributed by atoms with Gasteiger partial charge in [0.1, 0.15) is 5.82 Å². The molecule has 0 radical (unpaired) electrons. The fourth-order valence-electron chi connectivity index (χ4n) is 1.89. The summed E-state index contributed by atoms with van der Waals surface area (Å²) in [7, 11) is 0. The number of hydrogen-bond acceptors (Lipinski definition) is 5. The van der Waals surface area contributed by atoms with Gasteiger partial charge in [-0.1, -0.05) is 23.9 Å². The van der Waals surface area contributed by atoms with Crippen LogP contribution >= 0.6 is 11.8 Å². The Labute approximate surface area is 144 Å². The Hall–Kier alpha value is -2.30. The van der Waals surface area contributed by atoms with Crippen molar-refractivity contribution in [2.45, 2.75) is 29.9 Å². The highest BCUT2D eigenvalue weighted by Crippen LogP contribution is 2.30. The maximum Gasteiger partial charge on any atom is 0.453 e. The molecule has 25 heavy (non-hydrogen) atoms. The highest BCUT2D eigenvalue weighted by Gasteiger charge is 2.38. The van der Waals surface area contributed by atoms with E-state index in [9.17, 15) is 22.4 Å². The van der Waals surface area contributed by atoms with E-state index in [1.54, 1.807) is 12.1 Å². The van der Waals surface area contributed by atoms with Crippen molar-refractivity contribution in [1.82, 2.24) is 20.2 Å². The molecule has 3 N–H and O–H groups in total. The number of amides is 1. The fraction of sp³-hybridized carbons (Fsp3) is 0.357. The topological polar surface area (TPSA) is 85.8 Å². The number of alkyl halides is 3. The van der Waals surface area contributed by atoms with Crippen molar-refractivity contribution in [2.24, 2.45) is 0 Å². The first-order valence-electron chi connectivity index (χ1n) is 7.15. The Balaban J connectivity index is 1.86. The number of carbonyl (C=O) groups excluding carboxylic acids is 1. The predicted molar refractivity (Wildman–Crippen MR) is 83.6 cm³/mol. The lowest BCUT2D eigenvalue weighted by atomic mass is 10.1. The number of nitrogens with one attached hydrogen (secondary N) is 1. The third kappa shape index (κ3) is 5.08. The summed E-state index contributed by atoms with van der Waals surface area (Å²) in [6.07, 6.45) is -4.23. The summed E-state index contributed by atoms with van der Waals surface area (Å²) in [5.74, 6) is 3.25. The second-order valence-electron chi connectivity index (χ2n) is 5.10. The molecule has 2 aromatic rings. The number of nitrogens with two attached hydrogens (primary N) is 1. The Morgan fingerprint density at radius 3 is 2.52 bits per heavy atom. The maximum atomic E-state index is 12.8. The van der Waals surface area contributed by atoms with Gasteiger partial charge in [-0.15, -0.1) is 10.2 Å². The molecule has 1 atom stereocenters. The van der Waals surface area contributed by atoms with Gasteiger partial charge in [-0.05, 0) is 31.0 Å². The van der Waals surface area contributed by atoms with Crippen LogP contribution in [0.1, 0.15) is 18.3 Å². The fourth-order valence-corrected chi connectivity index (χ4v) is 2.68. The van der Waals surface area contributed by atoms with Gasteiger partial charge in [0.2, 0.25) is 11.1 Å². The smallest absolute Gasteiger partial charge is 0.355 e.